The molecule has 0 aliphatic rings. The molecule has 0 spiro atoms. The molecule has 0 amide bonds. The maximum atomic E-state index is 5.14. The highest BCUT2D eigenvalue weighted by Crippen LogP contribution is 2.00. The van der Waals surface area contributed by atoms with Crippen LogP contribution in [0, 0.1) is 5.92 Å². The van der Waals surface area contributed by atoms with Gasteiger partial charge < -0.3 is 5.73 Å². The molecule has 84 valence electrons. The number of hydrogen-bond donors (Lipinski definition) is 1. The Morgan fingerprint density at radius 2 is 1.46 bits per heavy atom. The van der Waals surface area contributed by atoms with Crippen molar-refractivity contribution in [2.75, 3.05) is 6.54 Å². The van der Waals surface area contributed by atoms with Crippen molar-refractivity contribution in [2.24, 2.45) is 11.7 Å². The Labute approximate surface area is 86.1 Å². The lowest BCUT2D eigenvalue weighted by Gasteiger charge is -1.95. The largest absolute Gasteiger partial charge is 0.330 e. The zero-order valence-electron chi connectivity index (χ0n) is 10.7. The summed E-state index contributed by atoms with van der Waals surface area (Å²) in [5.41, 5.74) is 5.14. The van der Waals surface area contributed by atoms with Gasteiger partial charge in [0.25, 0.3) is 0 Å². The Morgan fingerprint density at radius 1 is 1.00 bits per heavy atom. The van der Waals surface area contributed by atoms with Crippen LogP contribution in [-0.2, 0) is 0 Å². The highest BCUT2D eigenvalue weighted by molar-refractivity contribution is 4.38. The molecule has 1 nitrogen and oxygen atoms in total. The molecular weight excluding hydrogens is 158 g/mol. The SMILES string of the molecule is CC.CCCC(C)C.CCCCN. The zero-order chi connectivity index (χ0) is 11.1. The van der Waals surface area contributed by atoms with E-state index in [1.807, 2.05) is 13.8 Å². The summed E-state index contributed by atoms with van der Waals surface area (Å²) in [6.45, 7) is 13.7. The van der Waals surface area contributed by atoms with Crippen LogP contribution in [0.2, 0.25) is 0 Å². The first kappa shape index (κ1) is 18.7. The third-order valence-corrected chi connectivity index (χ3v) is 1.42. The highest BCUT2D eigenvalue weighted by Gasteiger charge is 1.85. The molecular formula is C12H31N. The van der Waals surface area contributed by atoms with Crippen LogP contribution < -0.4 is 5.73 Å². The van der Waals surface area contributed by atoms with Crippen molar-refractivity contribution in [2.45, 2.75) is 67.2 Å². The molecule has 0 aliphatic carbocycles. The van der Waals surface area contributed by atoms with Crippen LogP contribution in [0.15, 0.2) is 0 Å². The van der Waals surface area contributed by atoms with Crippen molar-refractivity contribution in [1.29, 1.82) is 0 Å². The molecule has 1 heteroatoms. The first-order valence-electron chi connectivity index (χ1n) is 5.89. The van der Waals surface area contributed by atoms with Crippen molar-refractivity contribution >= 4 is 0 Å². The lowest BCUT2D eigenvalue weighted by atomic mass is 10.1. The summed E-state index contributed by atoms with van der Waals surface area (Å²) in [4.78, 5) is 0. The molecule has 0 radical (unpaired) electrons. The molecule has 0 atom stereocenters. The third-order valence-electron chi connectivity index (χ3n) is 1.42. The molecule has 0 saturated heterocycles. The van der Waals surface area contributed by atoms with Crippen LogP contribution in [0.25, 0.3) is 0 Å². The number of unbranched alkanes of at least 4 members (excludes halogenated alkanes) is 1. The molecule has 0 aromatic heterocycles. The van der Waals surface area contributed by atoms with E-state index in [1.165, 1.54) is 25.7 Å². The third kappa shape index (κ3) is 48.2. The van der Waals surface area contributed by atoms with Crippen molar-refractivity contribution in [3.8, 4) is 0 Å². The van der Waals surface area contributed by atoms with Crippen molar-refractivity contribution in [3.05, 3.63) is 0 Å². The highest BCUT2D eigenvalue weighted by atomic mass is 14.5. The Bertz CT molecular complexity index is 49.1. The first-order chi connectivity index (χ1) is 6.18. The Balaban J connectivity index is -0.000000131. The van der Waals surface area contributed by atoms with E-state index < -0.39 is 0 Å². The van der Waals surface area contributed by atoms with Crippen LogP contribution in [0.4, 0.5) is 0 Å². The second-order valence-corrected chi connectivity index (χ2v) is 3.32. The second-order valence-electron chi connectivity index (χ2n) is 3.32. The maximum Gasteiger partial charge on any atom is -0.00774 e. The van der Waals surface area contributed by atoms with Crippen LogP contribution in [-0.4, -0.2) is 6.54 Å². The predicted molar refractivity (Wildman–Crippen MR) is 65.1 cm³/mol. The predicted octanol–water partition coefficient (Wildman–Crippen LogP) is 4.21. The lowest BCUT2D eigenvalue weighted by Crippen LogP contribution is -1.95. The lowest BCUT2D eigenvalue weighted by molar-refractivity contribution is 0.576. The standard InChI is InChI=1S/C6H14.C4H11N.C2H6/c1-4-5-6(2)3;1-2-3-4-5;1-2/h6H,4-5H2,1-3H3;2-5H2,1H3;1-2H3. The summed E-state index contributed by atoms with van der Waals surface area (Å²) >= 11 is 0. The van der Waals surface area contributed by atoms with Crippen molar-refractivity contribution in [3.63, 3.8) is 0 Å². The van der Waals surface area contributed by atoms with Gasteiger partial charge in [0.1, 0.15) is 0 Å². The quantitative estimate of drug-likeness (QED) is 0.704. The second kappa shape index (κ2) is 22.7. The minimum Gasteiger partial charge on any atom is -0.330 e. The van der Waals surface area contributed by atoms with E-state index in [0.717, 1.165) is 12.5 Å². The Kier molecular flexibility index (Phi) is 32.6. The summed E-state index contributed by atoms with van der Waals surface area (Å²) in [7, 11) is 0. The van der Waals surface area contributed by atoms with Gasteiger partial charge in [0.15, 0.2) is 0 Å². The van der Waals surface area contributed by atoms with Gasteiger partial charge in [-0.25, -0.2) is 0 Å². The number of nitrogens with two attached hydrogens (primary N) is 1. The molecule has 0 aromatic rings. The molecule has 0 bridgehead atoms. The van der Waals surface area contributed by atoms with E-state index in [9.17, 15) is 0 Å². The number of rotatable bonds is 4. The molecule has 0 saturated carbocycles. The van der Waals surface area contributed by atoms with Gasteiger partial charge in [-0.15, -0.1) is 0 Å². The van der Waals surface area contributed by atoms with Crippen LogP contribution in [0.3, 0.4) is 0 Å². The Hall–Kier alpha value is -0.0400. The summed E-state index contributed by atoms with van der Waals surface area (Å²) in [6, 6.07) is 0. The number of hydrogen-bond acceptors (Lipinski definition) is 1. The maximum absolute atomic E-state index is 5.14. The molecule has 2 N–H and O–H groups in total. The average Bonchev–Trinajstić information content (AvgIpc) is 2.10. The average molecular weight is 189 g/mol. The van der Waals surface area contributed by atoms with E-state index in [1.54, 1.807) is 0 Å². The summed E-state index contributed by atoms with van der Waals surface area (Å²) in [5, 5.41) is 0. The van der Waals surface area contributed by atoms with Gasteiger partial charge in [-0.3, -0.25) is 0 Å². The molecule has 0 heterocycles. The fraction of sp³-hybridized carbons (Fsp3) is 1.00. The van der Waals surface area contributed by atoms with Crippen molar-refractivity contribution in [1.82, 2.24) is 0 Å². The molecule has 0 aromatic carbocycles. The van der Waals surface area contributed by atoms with E-state index in [4.69, 9.17) is 5.73 Å². The minimum atomic E-state index is 0.844. The molecule has 0 rings (SSSR count). The first-order valence-corrected chi connectivity index (χ1v) is 5.89. The Morgan fingerprint density at radius 3 is 1.46 bits per heavy atom. The molecule has 0 aliphatic heterocycles. The van der Waals surface area contributed by atoms with Gasteiger partial charge in [-0.1, -0.05) is 60.8 Å². The summed E-state index contributed by atoms with van der Waals surface area (Å²) in [5.74, 6) is 0.898. The molecule has 0 fully saturated rings. The van der Waals surface area contributed by atoms with E-state index in [-0.39, 0.29) is 0 Å². The van der Waals surface area contributed by atoms with Crippen LogP contribution in [0.5, 0.6) is 0 Å². The zero-order valence-corrected chi connectivity index (χ0v) is 10.7. The van der Waals surface area contributed by atoms with E-state index >= 15 is 0 Å². The minimum absolute atomic E-state index is 0.844. The van der Waals surface area contributed by atoms with Gasteiger partial charge in [-0.2, -0.15) is 0 Å². The van der Waals surface area contributed by atoms with Gasteiger partial charge in [0.05, 0.1) is 0 Å². The summed E-state index contributed by atoms with van der Waals surface area (Å²) in [6.07, 6.45) is 5.09. The summed E-state index contributed by atoms with van der Waals surface area (Å²) < 4.78 is 0. The van der Waals surface area contributed by atoms with Gasteiger partial charge >= 0.3 is 0 Å². The smallest absolute Gasteiger partial charge is 0.00774 e. The van der Waals surface area contributed by atoms with Crippen LogP contribution in [0.1, 0.15) is 67.2 Å². The van der Waals surface area contributed by atoms with E-state index in [0.29, 0.717) is 0 Å². The van der Waals surface area contributed by atoms with Crippen molar-refractivity contribution < 1.29 is 0 Å². The molecule has 0 unspecified atom stereocenters. The van der Waals surface area contributed by atoms with Gasteiger partial charge in [0, 0.05) is 0 Å². The van der Waals surface area contributed by atoms with E-state index in [2.05, 4.69) is 27.7 Å². The molecule has 13 heavy (non-hydrogen) atoms. The van der Waals surface area contributed by atoms with Crippen LogP contribution >= 0.6 is 0 Å². The van der Waals surface area contributed by atoms with Gasteiger partial charge in [0.2, 0.25) is 0 Å². The van der Waals surface area contributed by atoms with Gasteiger partial charge in [-0.05, 0) is 18.9 Å². The normalized spacial score (nSPS) is 8.31. The fourth-order valence-electron chi connectivity index (χ4n) is 0.781. The monoisotopic (exact) mass is 189 g/mol. The fourth-order valence-corrected chi connectivity index (χ4v) is 0.781. The topological polar surface area (TPSA) is 26.0 Å².